The summed E-state index contributed by atoms with van der Waals surface area (Å²) in [5.41, 5.74) is -0.440. The second-order valence-corrected chi connectivity index (χ2v) is 5.28. The zero-order valence-corrected chi connectivity index (χ0v) is 12.7. The topological polar surface area (TPSA) is 38.3 Å². The number of carbonyl (C=O) groups excluding carboxylic acids is 1. The number of hydrogen-bond donors (Lipinski definition) is 1. The Kier molecular flexibility index (Phi) is 5.05. The molecule has 1 amide bonds. The fourth-order valence-electron chi connectivity index (χ4n) is 1.48. The highest BCUT2D eigenvalue weighted by Gasteiger charge is 2.12. The predicted octanol–water partition coefficient (Wildman–Crippen LogP) is 3.73. The van der Waals surface area contributed by atoms with Crippen molar-refractivity contribution >= 4 is 34.2 Å². The Morgan fingerprint density at radius 3 is 2.33 bits per heavy atom. The zero-order valence-electron chi connectivity index (χ0n) is 10.5. The van der Waals surface area contributed by atoms with Crippen molar-refractivity contribution in [2.24, 2.45) is 0 Å². The fraction of sp³-hybridized carbons (Fsp3) is 0.0714. The minimum Gasteiger partial charge on any atom is -0.484 e. The minimum atomic E-state index is -1.32. The molecule has 0 unspecified atom stereocenters. The number of hydrogen-bond acceptors (Lipinski definition) is 2. The molecule has 0 aliphatic carbocycles. The standard InChI is InChI=1S/C14H9F3INO2/c15-10-5-12(17)13(6-11(10)16)19-14(20)7-21-9-3-1-8(18)2-4-9/h1-6H,7H2,(H,19,20). The van der Waals surface area contributed by atoms with Crippen molar-refractivity contribution in [2.45, 2.75) is 0 Å². The van der Waals surface area contributed by atoms with Gasteiger partial charge in [-0.1, -0.05) is 0 Å². The van der Waals surface area contributed by atoms with E-state index in [0.717, 1.165) is 3.57 Å². The summed E-state index contributed by atoms with van der Waals surface area (Å²) in [5.74, 6) is -3.84. The molecular weight excluding hydrogens is 398 g/mol. The summed E-state index contributed by atoms with van der Waals surface area (Å²) in [6.45, 7) is -0.376. The molecule has 0 aliphatic rings. The lowest BCUT2D eigenvalue weighted by Crippen LogP contribution is -2.21. The molecule has 0 aliphatic heterocycles. The fourth-order valence-corrected chi connectivity index (χ4v) is 1.84. The van der Waals surface area contributed by atoms with Crippen LogP contribution in [0.1, 0.15) is 0 Å². The molecule has 7 heteroatoms. The molecule has 0 saturated heterocycles. The van der Waals surface area contributed by atoms with Crippen LogP contribution in [0.3, 0.4) is 0 Å². The van der Waals surface area contributed by atoms with E-state index in [2.05, 4.69) is 27.9 Å². The molecule has 0 heterocycles. The molecule has 0 radical (unpaired) electrons. The lowest BCUT2D eigenvalue weighted by atomic mass is 10.3. The first-order chi connectivity index (χ1) is 9.95. The Morgan fingerprint density at radius 1 is 1.05 bits per heavy atom. The molecule has 0 saturated carbocycles. The summed E-state index contributed by atoms with van der Waals surface area (Å²) in [6.07, 6.45) is 0. The van der Waals surface area contributed by atoms with E-state index in [1.807, 2.05) is 0 Å². The van der Waals surface area contributed by atoms with Crippen LogP contribution in [0.5, 0.6) is 5.75 Å². The van der Waals surface area contributed by atoms with Gasteiger partial charge in [0, 0.05) is 15.7 Å². The van der Waals surface area contributed by atoms with Crippen LogP contribution < -0.4 is 10.1 Å². The number of benzene rings is 2. The van der Waals surface area contributed by atoms with Crippen LogP contribution in [0.15, 0.2) is 36.4 Å². The predicted molar refractivity (Wildman–Crippen MR) is 79.6 cm³/mol. The molecule has 0 aromatic heterocycles. The lowest BCUT2D eigenvalue weighted by Gasteiger charge is -2.08. The van der Waals surface area contributed by atoms with Gasteiger partial charge in [0.05, 0.1) is 5.69 Å². The average Bonchev–Trinajstić information content (AvgIpc) is 2.44. The van der Waals surface area contributed by atoms with Gasteiger partial charge in [-0.15, -0.1) is 0 Å². The number of nitrogens with one attached hydrogen (secondary N) is 1. The first-order valence-corrected chi connectivity index (χ1v) is 6.86. The van der Waals surface area contributed by atoms with E-state index in [0.29, 0.717) is 17.9 Å². The van der Waals surface area contributed by atoms with Crippen molar-refractivity contribution in [1.82, 2.24) is 0 Å². The molecule has 1 N–H and O–H groups in total. The molecule has 2 aromatic rings. The van der Waals surface area contributed by atoms with Crippen LogP contribution in [0, 0.1) is 21.0 Å². The molecule has 0 atom stereocenters. The van der Waals surface area contributed by atoms with E-state index >= 15 is 0 Å². The van der Waals surface area contributed by atoms with Crippen molar-refractivity contribution in [1.29, 1.82) is 0 Å². The zero-order chi connectivity index (χ0) is 15.4. The second-order valence-electron chi connectivity index (χ2n) is 4.04. The Balaban J connectivity index is 1.96. The van der Waals surface area contributed by atoms with Gasteiger partial charge in [-0.2, -0.15) is 0 Å². The van der Waals surface area contributed by atoms with E-state index in [1.165, 1.54) is 0 Å². The van der Waals surface area contributed by atoms with E-state index in [1.54, 1.807) is 24.3 Å². The van der Waals surface area contributed by atoms with Gasteiger partial charge in [0.2, 0.25) is 0 Å². The molecule has 2 rings (SSSR count). The lowest BCUT2D eigenvalue weighted by molar-refractivity contribution is -0.118. The van der Waals surface area contributed by atoms with Crippen molar-refractivity contribution in [3.05, 3.63) is 57.4 Å². The Labute approximate surface area is 132 Å². The average molecular weight is 407 g/mol. The molecule has 110 valence electrons. The van der Waals surface area contributed by atoms with E-state index < -0.39 is 29.0 Å². The smallest absolute Gasteiger partial charge is 0.262 e. The van der Waals surface area contributed by atoms with Crippen molar-refractivity contribution < 1.29 is 22.7 Å². The molecule has 3 nitrogen and oxygen atoms in total. The third-order valence-electron chi connectivity index (χ3n) is 2.47. The summed E-state index contributed by atoms with van der Waals surface area (Å²) < 4.78 is 45.2. The Hall–Kier alpha value is -1.77. The molecule has 0 bridgehead atoms. The van der Waals surface area contributed by atoms with Crippen molar-refractivity contribution in [2.75, 3.05) is 11.9 Å². The third kappa shape index (κ3) is 4.35. The number of anilines is 1. The highest BCUT2D eigenvalue weighted by Crippen LogP contribution is 2.18. The summed E-state index contributed by atoms with van der Waals surface area (Å²) >= 11 is 2.12. The van der Waals surface area contributed by atoms with Crippen LogP contribution >= 0.6 is 22.6 Å². The highest BCUT2D eigenvalue weighted by atomic mass is 127. The first-order valence-electron chi connectivity index (χ1n) is 5.78. The van der Waals surface area contributed by atoms with E-state index in [-0.39, 0.29) is 6.61 Å². The summed E-state index contributed by atoms with van der Waals surface area (Å²) in [7, 11) is 0. The van der Waals surface area contributed by atoms with Gasteiger partial charge >= 0.3 is 0 Å². The molecule has 0 fully saturated rings. The summed E-state index contributed by atoms with van der Waals surface area (Å²) in [4.78, 5) is 11.6. The van der Waals surface area contributed by atoms with Gasteiger partial charge in [-0.3, -0.25) is 4.79 Å². The Bertz CT molecular complexity index is 662. The maximum atomic E-state index is 13.3. The van der Waals surface area contributed by atoms with Gasteiger partial charge in [-0.05, 0) is 46.9 Å². The third-order valence-corrected chi connectivity index (χ3v) is 3.19. The summed E-state index contributed by atoms with van der Waals surface area (Å²) in [6, 6.07) is 7.88. The maximum absolute atomic E-state index is 13.3. The van der Waals surface area contributed by atoms with Crippen LogP contribution in [0.4, 0.5) is 18.9 Å². The molecular formula is C14H9F3INO2. The SMILES string of the molecule is O=C(COc1ccc(I)cc1)Nc1cc(F)c(F)cc1F. The first kappa shape index (κ1) is 15.6. The normalized spacial score (nSPS) is 10.3. The van der Waals surface area contributed by atoms with E-state index in [4.69, 9.17) is 4.74 Å². The molecule has 0 spiro atoms. The maximum Gasteiger partial charge on any atom is 0.262 e. The number of halogens is 4. The number of rotatable bonds is 4. The summed E-state index contributed by atoms with van der Waals surface area (Å²) in [5, 5.41) is 2.11. The van der Waals surface area contributed by atoms with Gasteiger partial charge in [0.15, 0.2) is 18.2 Å². The van der Waals surface area contributed by atoms with Crippen LogP contribution in [-0.4, -0.2) is 12.5 Å². The second kappa shape index (κ2) is 6.79. The number of amides is 1. The molecule has 21 heavy (non-hydrogen) atoms. The van der Waals surface area contributed by atoms with Gasteiger partial charge in [-0.25, -0.2) is 13.2 Å². The van der Waals surface area contributed by atoms with Gasteiger partial charge < -0.3 is 10.1 Å². The van der Waals surface area contributed by atoms with Crippen LogP contribution in [0.25, 0.3) is 0 Å². The highest BCUT2D eigenvalue weighted by molar-refractivity contribution is 14.1. The molecule has 2 aromatic carbocycles. The van der Waals surface area contributed by atoms with Crippen molar-refractivity contribution in [3.63, 3.8) is 0 Å². The van der Waals surface area contributed by atoms with Crippen LogP contribution in [-0.2, 0) is 4.79 Å². The van der Waals surface area contributed by atoms with E-state index in [9.17, 15) is 18.0 Å². The Morgan fingerprint density at radius 2 is 1.67 bits per heavy atom. The monoisotopic (exact) mass is 407 g/mol. The van der Waals surface area contributed by atoms with Crippen LogP contribution in [0.2, 0.25) is 0 Å². The number of ether oxygens (including phenoxy) is 1. The number of carbonyl (C=O) groups is 1. The quantitative estimate of drug-likeness (QED) is 0.620. The van der Waals surface area contributed by atoms with Gasteiger partial charge in [0.25, 0.3) is 5.91 Å². The largest absolute Gasteiger partial charge is 0.484 e. The van der Waals surface area contributed by atoms with Gasteiger partial charge in [0.1, 0.15) is 11.6 Å². The minimum absolute atomic E-state index is 0.366. The van der Waals surface area contributed by atoms with Crippen molar-refractivity contribution in [3.8, 4) is 5.75 Å².